The number of imidazole rings is 1. The van der Waals surface area contributed by atoms with Crippen molar-refractivity contribution < 1.29 is 9.18 Å². The highest BCUT2D eigenvalue weighted by Crippen LogP contribution is 2.30. The van der Waals surface area contributed by atoms with Gasteiger partial charge in [0, 0.05) is 23.8 Å². The molecule has 0 bridgehead atoms. The Balaban J connectivity index is 1.13. The number of para-hydroxylation sites is 2. The summed E-state index contributed by atoms with van der Waals surface area (Å²) in [6, 6.07) is 22.9. The van der Waals surface area contributed by atoms with E-state index < -0.39 is 0 Å². The molecule has 1 amide bonds. The van der Waals surface area contributed by atoms with Crippen molar-refractivity contribution in [1.82, 2.24) is 14.5 Å². The van der Waals surface area contributed by atoms with Gasteiger partial charge >= 0.3 is 0 Å². The number of aromatic nitrogens is 2. The van der Waals surface area contributed by atoms with Crippen LogP contribution in [0.3, 0.4) is 0 Å². The lowest BCUT2D eigenvalue weighted by molar-refractivity contribution is -0.118. The summed E-state index contributed by atoms with van der Waals surface area (Å²) in [5, 5.41) is 6.54. The lowest BCUT2D eigenvalue weighted by atomic mass is 9.89. The molecule has 2 heterocycles. The molecule has 0 aliphatic carbocycles. The second-order valence-electron chi connectivity index (χ2n) is 10.4. The SMILES string of the molecule is CC(C)C(=O)Nc1cccc(C2CCN(CCCNc3nc4ccccc4n3-c3ccc(F)cc3)CC2)c1. The third-order valence-electron chi connectivity index (χ3n) is 7.32. The van der Waals surface area contributed by atoms with Crippen LogP contribution in [0.15, 0.2) is 72.8 Å². The number of piperidine rings is 1. The molecule has 0 radical (unpaired) electrons. The summed E-state index contributed by atoms with van der Waals surface area (Å²) in [6.45, 7) is 7.80. The number of benzene rings is 3. The lowest BCUT2D eigenvalue weighted by Gasteiger charge is -2.32. The number of anilines is 2. The molecular formula is C31H36FN5O. The topological polar surface area (TPSA) is 62.2 Å². The molecule has 2 N–H and O–H groups in total. The van der Waals surface area contributed by atoms with Crippen molar-refractivity contribution in [2.75, 3.05) is 36.8 Å². The third kappa shape index (κ3) is 6.05. The number of rotatable bonds is 9. The molecule has 0 saturated carbocycles. The summed E-state index contributed by atoms with van der Waals surface area (Å²) in [4.78, 5) is 19.4. The minimum Gasteiger partial charge on any atom is -0.355 e. The van der Waals surface area contributed by atoms with Crippen molar-refractivity contribution in [2.45, 2.75) is 39.0 Å². The van der Waals surface area contributed by atoms with Crippen molar-refractivity contribution in [3.05, 3.63) is 84.2 Å². The summed E-state index contributed by atoms with van der Waals surface area (Å²) in [6.07, 6.45) is 3.25. The van der Waals surface area contributed by atoms with Crippen LogP contribution in [0.2, 0.25) is 0 Å². The minimum atomic E-state index is -0.248. The molecule has 0 spiro atoms. The molecule has 0 unspecified atom stereocenters. The Kier molecular flexibility index (Phi) is 8.03. The first-order valence-corrected chi connectivity index (χ1v) is 13.6. The smallest absolute Gasteiger partial charge is 0.226 e. The molecule has 38 heavy (non-hydrogen) atoms. The van der Waals surface area contributed by atoms with Crippen LogP contribution in [0.1, 0.15) is 44.6 Å². The molecule has 0 atom stereocenters. The Morgan fingerprint density at radius 1 is 1.03 bits per heavy atom. The molecule has 3 aromatic carbocycles. The number of nitrogens with zero attached hydrogens (tertiary/aromatic N) is 3. The van der Waals surface area contributed by atoms with Crippen LogP contribution >= 0.6 is 0 Å². The maximum absolute atomic E-state index is 13.5. The predicted molar refractivity (Wildman–Crippen MR) is 152 cm³/mol. The van der Waals surface area contributed by atoms with Crippen molar-refractivity contribution >= 4 is 28.6 Å². The van der Waals surface area contributed by atoms with Crippen LogP contribution in [0.4, 0.5) is 16.0 Å². The monoisotopic (exact) mass is 513 g/mol. The summed E-state index contributed by atoms with van der Waals surface area (Å²) in [5.41, 5.74) is 5.00. The van der Waals surface area contributed by atoms with Crippen molar-refractivity contribution in [2.24, 2.45) is 5.92 Å². The van der Waals surface area contributed by atoms with E-state index in [0.29, 0.717) is 5.92 Å². The van der Waals surface area contributed by atoms with Gasteiger partial charge in [0.05, 0.1) is 11.0 Å². The zero-order valence-corrected chi connectivity index (χ0v) is 22.2. The van der Waals surface area contributed by atoms with E-state index >= 15 is 0 Å². The van der Waals surface area contributed by atoms with E-state index in [1.165, 1.54) is 17.7 Å². The molecule has 1 aromatic heterocycles. The molecule has 1 fully saturated rings. The Bertz CT molecular complexity index is 1370. The maximum atomic E-state index is 13.5. The number of fused-ring (bicyclic) bond motifs is 1. The van der Waals surface area contributed by atoms with E-state index in [9.17, 15) is 9.18 Å². The van der Waals surface area contributed by atoms with E-state index in [1.807, 2.05) is 50.2 Å². The summed E-state index contributed by atoms with van der Waals surface area (Å²) in [7, 11) is 0. The summed E-state index contributed by atoms with van der Waals surface area (Å²) in [5.74, 6) is 1.08. The number of carbonyl (C=O) groups excluding carboxylic acids is 1. The fourth-order valence-corrected chi connectivity index (χ4v) is 5.15. The molecular weight excluding hydrogens is 477 g/mol. The van der Waals surface area contributed by atoms with Gasteiger partial charge in [-0.2, -0.15) is 0 Å². The van der Waals surface area contributed by atoms with Crippen LogP contribution in [-0.4, -0.2) is 46.5 Å². The summed E-state index contributed by atoms with van der Waals surface area (Å²) < 4.78 is 15.6. The van der Waals surface area contributed by atoms with Crippen molar-refractivity contribution in [1.29, 1.82) is 0 Å². The average Bonchev–Trinajstić information content (AvgIpc) is 3.30. The molecule has 1 saturated heterocycles. The second kappa shape index (κ2) is 11.8. The molecule has 5 rings (SSSR count). The van der Waals surface area contributed by atoms with Crippen LogP contribution in [0.25, 0.3) is 16.7 Å². The average molecular weight is 514 g/mol. The molecule has 1 aliphatic rings. The van der Waals surface area contributed by atoms with Gasteiger partial charge in [-0.05, 0) is 98.9 Å². The summed E-state index contributed by atoms with van der Waals surface area (Å²) >= 11 is 0. The molecule has 198 valence electrons. The number of likely N-dealkylation sites (tertiary alicyclic amines) is 1. The van der Waals surface area contributed by atoms with Gasteiger partial charge in [-0.1, -0.05) is 38.1 Å². The Morgan fingerprint density at radius 2 is 1.79 bits per heavy atom. The standard InChI is InChI=1S/C31H36FN5O/c1-22(2)30(38)34-26-8-5-7-24(21-26)23-15-19-36(20-16-23)18-6-17-33-31-35-28-9-3-4-10-29(28)37(31)27-13-11-25(32)12-14-27/h3-5,7-14,21-23H,6,15-20H2,1-2H3,(H,33,35)(H,34,38). The van der Waals surface area contributed by atoms with E-state index in [-0.39, 0.29) is 17.6 Å². The van der Waals surface area contributed by atoms with Gasteiger partial charge in [0.25, 0.3) is 0 Å². The quantitative estimate of drug-likeness (QED) is 0.253. The second-order valence-corrected chi connectivity index (χ2v) is 10.4. The Morgan fingerprint density at radius 3 is 2.55 bits per heavy atom. The zero-order chi connectivity index (χ0) is 26.5. The van der Waals surface area contributed by atoms with E-state index in [1.54, 1.807) is 12.1 Å². The Hall–Kier alpha value is -3.71. The zero-order valence-electron chi connectivity index (χ0n) is 22.2. The van der Waals surface area contributed by atoms with Crippen LogP contribution in [-0.2, 0) is 4.79 Å². The lowest BCUT2D eigenvalue weighted by Crippen LogP contribution is -2.34. The van der Waals surface area contributed by atoms with Gasteiger partial charge in [0.2, 0.25) is 11.9 Å². The number of hydrogen-bond acceptors (Lipinski definition) is 4. The molecule has 6 nitrogen and oxygen atoms in total. The first-order valence-electron chi connectivity index (χ1n) is 13.6. The van der Waals surface area contributed by atoms with Gasteiger partial charge in [0.1, 0.15) is 5.82 Å². The largest absolute Gasteiger partial charge is 0.355 e. The van der Waals surface area contributed by atoms with Gasteiger partial charge in [-0.15, -0.1) is 0 Å². The highest BCUT2D eigenvalue weighted by atomic mass is 19.1. The van der Waals surface area contributed by atoms with Crippen molar-refractivity contribution in [3.8, 4) is 5.69 Å². The molecule has 7 heteroatoms. The highest BCUT2D eigenvalue weighted by Gasteiger charge is 2.21. The van der Waals surface area contributed by atoms with E-state index in [4.69, 9.17) is 4.98 Å². The predicted octanol–water partition coefficient (Wildman–Crippen LogP) is 6.44. The fraction of sp³-hybridized carbons (Fsp3) is 0.355. The fourth-order valence-electron chi connectivity index (χ4n) is 5.15. The van der Waals surface area contributed by atoms with Crippen LogP contribution < -0.4 is 10.6 Å². The van der Waals surface area contributed by atoms with Gasteiger partial charge in [-0.25, -0.2) is 9.37 Å². The Labute approximate surface area is 223 Å². The van der Waals surface area contributed by atoms with E-state index in [2.05, 4.69) is 32.2 Å². The first kappa shape index (κ1) is 25.9. The number of hydrogen-bond donors (Lipinski definition) is 2. The number of amides is 1. The van der Waals surface area contributed by atoms with Gasteiger partial charge in [-0.3, -0.25) is 9.36 Å². The molecule has 4 aromatic rings. The van der Waals surface area contributed by atoms with Gasteiger partial charge < -0.3 is 15.5 Å². The van der Waals surface area contributed by atoms with Crippen LogP contribution in [0, 0.1) is 11.7 Å². The van der Waals surface area contributed by atoms with Crippen LogP contribution in [0.5, 0.6) is 0 Å². The van der Waals surface area contributed by atoms with Crippen molar-refractivity contribution in [3.63, 3.8) is 0 Å². The molecule has 1 aliphatic heterocycles. The maximum Gasteiger partial charge on any atom is 0.226 e. The highest BCUT2D eigenvalue weighted by molar-refractivity contribution is 5.92. The third-order valence-corrected chi connectivity index (χ3v) is 7.32. The minimum absolute atomic E-state index is 0.0292. The normalized spacial score (nSPS) is 14.7. The number of halogens is 1. The number of nitrogens with one attached hydrogen (secondary N) is 2. The van der Waals surface area contributed by atoms with E-state index in [0.717, 1.165) is 73.8 Å². The first-order chi connectivity index (χ1) is 18.5. The number of carbonyl (C=O) groups is 1. The van der Waals surface area contributed by atoms with Gasteiger partial charge in [0.15, 0.2) is 0 Å².